The van der Waals surface area contributed by atoms with E-state index in [0.29, 0.717) is 20.6 Å². The third kappa shape index (κ3) is 5.51. The van der Waals surface area contributed by atoms with Crippen molar-refractivity contribution in [3.63, 3.8) is 0 Å². The zero-order valence-corrected chi connectivity index (χ0v) is 17.6. The molecule has 0 aliphatic rings. The fraction of sp³-hybridized carbons (Fsp3) is 0.174. The molecule has 2 nitrogen and oxygen atoms in total. The van der Waals surface area contributed by atoms with Crippen LogP contribution >= 0.6 is 34.8 Å². The molecule has 0 fully saturated rings. The highest BCUT2D eigenvalue weighted by Crippen LogP contribution is 2.27. The third-order valence-electron chi connectivity index (χ3n) is 4.72. The number of hydrogen-bond donors (Lipinski definition) is 1. The van der Waals surface area contributed by atoms with Gasteiger partial charge in [-0.1, -0.05) is 65.1 Å². The number of carbonyl (C=O) groups is 1. The van der Waals surface area contributed by atoms with Gasteiger partial charge in [-0.25, -0.2) is 0 Å². The van der Waals surface area contributed by atoms with Gasteiger partial charge in [-0.05, 0) is 66.9 Å². The summed E-state index contributed by atoms with van der Waals surface area (Å²) >= 11 is 18.1. The van der Waals surface area contributed by atoms with Gasteiger partial charge in [-0.15, -0.1) is 0 Å². The molecule has 0 aromatic heterocycles. The molecule has 0 bridgehead atoms. The number of amides is 1. The van der Waals surface area contributed by atoms with Crippen molar-refractivity contribution in [3.8, 4) is 0 Å². The summed E-state index contributed by atoms with van der Waals surface area (Å²) in [6, 6.07) is 22.4. The smallest absolute Gasteiger partial charge is 0.251 e. The second-order valence-corrected chi connectivity index (χ2v) is 8.07. The van der Waals surface area contributed by atoms with Crippen molar-refractivity contribution in [2.24, 2.45) is 0 Å². The Morgan fingerprint density at radius 1 is 0.857 bits per heavy atom. The SMILES string of the molecule is CC(NC(=O)c1cccc(Cl)c1)[C@H](Cc1ccc(Cl)cc1)c1ccc(Cl)cc1. The van der Waals surface area contributed by atoms with E-state index in [1.165, 1.54) is 0 Å². The van der Waals surface area contributed by atoms with Crippen LogP contribution in [-0.4, -0.2) is 11.9 Å². The third-order valence-corrected chi connectivity index (χ3v) is 5.46. The molecule has 1 amide bonds. The first-order chi connectivity index (χ1) is 13.4. The zero-order valence-electron chi connectivity index (χ0n) is 15.3. The summed E-state index contributed by atoms with van der Waals surface area (Å²) < 4.78 is 0. The molecular formula is C23H20Cl3NO. The van der Waals surface area contributed by atoms with E-state index in [2.05, 4.69) is 5.32 Å². The van der Waals surface area contributed by atoms with E-state index in [0.717, 1.165) is 17.5 Å². The predicted octanol–water partition coefficient (Wildman–Crippen LogP) is 6.79. The van der Waals surface area contributed by atoms with Gasteiger partial charge in [0.25, 0.3) is 5.91 Å². The van der Waals surface area contributed by atoms with Crippen LogP contribution in [0, 0.1) is 0 Å². The molecule has 0 heterocycles. The molecule has 0 saturated heterocycles. The number of nitrogens with one attached hydrogen (secondary N) is 1. The van der Waals surface area contributed by atoms with Gasteiger partial charge in [-0.3, -0.25) is 4.79 Å². The number of benzene rings is 3. The Morgan fingerprint density at radius 2 is 1.46 bits per heavy atom. The fourth-order valence-electron chi connectivity index (χ4n) is 3.19. The second kappa shape index (κ2) is 9.47. The molecule has 28 heavy (non-hydrogen) atoms. The molecule has 1 N–H and O–H groups in total. The Labute approximate surface area is 180 Å². The molecule has 144 valence electrons. The van der Waals surface area contributed by atoms with Crippen LogP contribution in [0.15, 0.2) is 72.8 Å². The van der Waals surface area contributed by atoms with Crippen LogP contribution in [0.2, 0.25) is 15.1 Å². The number of rotatable bonds is 6. The predicted molar refractivity (Wildman–Crippen MR) is 118 cm³/mol. The molecule has 5 heteroatoms. The largest absolute Gasteiger partial charge is 0.349 e. The second-order valence-electron chi connectivity index (χ2n) is 6.76. The molecule has 3 aromatic carbocycles. The normalized spacial score (nSPS) is 13.0. The van der Waals surface area contributed by atoms with E-state index >= 15 is 0 Å². The highest BCUT2D eigenvalue weighted by Gasteiger charge is 2.22. The van der Waals surface area contributed by atoms with Gasteiger partial charge >= 0.3 is 0 Å². The average molecular weight is 433 g/mol. The van der Waals surface area contributed by atoms with E-state index in [9.17, 15) is 4.79 Å². The molecule has 3 rings (SSSR count). The molecule has 2 atom stereocenters. The Morgan fingerprint density at radius 3 is 2.07 bits per heavy atom. The molecule has 0 saturated carbocycles. The van der Waals surface area contributed by atoms with E-state index < -0.39 is 0 Å². The maximum atomic E-state index is 12.7. The lowest BCUT2D eigenvalue weighted by molar-refractivity contribution is 0.0934. The molecule has 0 aliphatic carbocycles. The summed E-state index contributed by atoms with van der Waals surface area (Å²) in [6.45, 7) is 2.01. The van der Waals surface area contributed by atoms with Crippen LogP contribution in [0.4, 0.5) is 0 Å². The summed E-state index contributed by atoms with van der Waals surface area (Å²) in [5.74, 6) is -0.0772. The Hall–Kier alpha value is -2.00. The number of hydrogen-bond acceptors (Lipinski definition) is 1. The van der Waals surface area contributed by atoms with Crippen LogP contribution in [0.5, 0.6) is 0 Å². The van der Waals surface area contributed by atoms with Crippen LogP contribution in [-0.2, 0) is 6.42 Å². The minimum absolute atomic E-state index is 0.0709. The van der Waals surface area contributed by atoms with Gasteiger partial charge in [0.1, 0.15) is 0 Å². The van der Waals surface area contributed by atoms with Gasteiger partial charge in [0.2, 0.25) is 0 Å². The van der Waals surface area contributed by atoms with E-state index in [4.69, 9.17) is 34.8 Å². The standard InChI is InChI=1S/C23H20Cl3NO/c1-15(27-23(28)18-3-2-4-21(26)14-18)22(17-7-11-20(25)12-8-17)13-16-5-9-19(24)10-6-16/h2-12,14-15,22H,13H2,1H3,(H,27,28)/t15?,22-/m0/s1. The Kier molecular flexibility index (Phi) is 7.01. The van der Waals surface area contributed by atoms with E-state index in [1.54, 1.807) is 24.3 Å². The highest BCUT2D eigenvalue weighted by molar-refractivity contribution is 6.31. The first kappa shape index (κ1) is 20.7. The average Bonchev–Trinajstić information content (AvgIpc) is 2.68. The lowest BCUT2D eigenvalue weighted by Gasteiger charge is -2.26. The summed E-state index contributed by atoms with van der Waals surface area (Å²) in [5.41, 5.74) is 2.80. The van der Waals surface area contributed by atoms with Gasteiger partial charge in [0.15, 0.2) is 0 Å². The maximum Gasteiger partial charge on any atom is 0.251 e. The quantitative estimate of drug-likeness (QED) is 0.456. The van der Waals surface area contributed by atoms with Crippen LogP contribution in [0.1, 0.15) is 34.3 Å². The summed E-state index contributed by atoms with van der Waals surface area (Å²) in [6.07, 6.45) is 0.760. The summed E-state index contributed by atoms with van der Waals surface area (Å²) in [7, 11) is 0. The minimum Gasteiger partial charge on any atom is -0.349 e. The lowest BCUT2D eigenvalue weighted by atomic mass is 9.86. The minimum atomic E-state index is -0.148. The molecule has 0 spiro atoms. The topological polar surface area (TPSA) is 29.1 Å². The van der Waals surface area contributed by atoms with Crippen LogP contribution in [0.3, 0.4) is 0 Å². The molecule has 3 aromatic rings. The summed E-state index contributed by atoms with van der Waals surface area (Å²) in [4.78, 5) is 12.7. The highest BCUT2D eigenvalue weighted by atomic mass is 35.5. The van der Waals surface area contributed by atoms with Gasteiger partial charge < -0.3 is 5.32 Å². The van der Waals surface area contributed by atoms with Gasteiger partial charge in [0.05, 0.1) is 0 Å². The van der Waals surface area contributed by atoms with Crippen LogP contribution < -0.4 is 5.32 Å². The van der Waals surface area contributed by atoms with E-state index in [1.807, 2.05) is 55.5 Å². The lowest BCUT2D eigenvalue weighted by Crippen LogP contribution is -2.37. The van der Waals surface area contributed by atoms with Crippen LogP contribution in [0.25, 0.3) is 0 Å². The molecule has 1 unspecified atom stereocenters. The van der Waals surface area contributed by atoms with Gasteiger partial charge in [-0.2, -0.15) is 0 Å². The van der Waals surface area contributed by atoms with Crippen molar-refractivity contribution in [3.05, 3.63) is 105 Å². The molecule has 0 radical (unpaired) electrons. The van der Waals surface area contributed by atoms with Gasteiger partial charge in [0, 0.05) is 32.6 Å². The first-order valence-electron chi connectivity index (χ1n) is 8.99. The van der Waals surface area contributed by atoms with Crippen molar-refractivity contribution in [2.45, 2.75) is 25.3 Å². The molecule has 0 aliphatic heterocycles. The van der Waals surface area contributed by atoms with Crippen molar-refractivity contribution in [2.75, 3.05) is 0 Å². The van der Waals surface area contributed by atoms with Crippen molar-refractivity contribution in [1.82, 2.24) is 5.32 Å². The maximum absolute atomic E-state index is 12.7. The number of halogens is 3. The zero-order chi connectivity index (χ0) is 20.1. The Balaban J connectivity index is 1.83. The number of carbonyl (C=O) groups excluding carboxylic acids is 1. The molecular weight excluding hydrogens is 413 g/mol. The first-order valence-corrected chi connectivity index (χ1v) is 10.1. The van der Waals surface area contributed by atoms with E-state index in [-0.39, 0.29) is 17.9 Å². The van der Waals surface area contributed by atoms with Crippen molar-refractivity contribution >= 4 is 40.7 Å². The van der Waals surface area contributed by atoms with Crippen molar-refractivity contribution in [1.29, 1.82) is 0 Å². The van der Waals surface area contributed by atoms with Crippen molar-refractivity contribution < 1.29 is 4.79 Å². The fourth-order valence-corrected chi connectivity index (χ4v) is 3.63. The Bertz CT molecular complexity index is 939. The monoisotopic (exact) mass is 431 g/mol. The summed E-state index contributed by atoms with van der Waals surface area (Å²) in [5, 5.41) is 5.04.